The van der Waals surface area contributed by atoms with E-state index in [-0.39, 0.29) is 5.41 Å². The highest BCUT2D eigenvalue weighted by molar-refractivity contribution is 9.11. The van der Waals surface area contributed by atoms with Crippen molar-refractivity contribution in [3.8, 4) is 0 Å². The summed E-state index contributed by atoms with van der Waals surface area (Å²) in [4.78, 5) is 0. The fourth-order valence-electron chi connectivity index (χ4n) is 0.934. The van der Waals surface area contributed by atoms with E-state index in [1.54, 1.807) is 0 Å². The van der Waals surface area contributed by atoms with Gasteiger partial charge in [-0.3, -0.25) is 0 Å². The van der Waals surface area contributed by atoms with Crippen LogP contribution in [0.1, 0.15) is 26.3 Å². The van der Waals surface area contributed by atoms with Crippen LogP contribution in [0.3, 0.4) is 0 Å². The summed E-state index contributed by atoms with van der Waals surface area (Å²) in [5, 5.41) is 0. The van der Waals surface area contributed by atoms with E-state index in [1.165, 1.54) is 5.56 Å². The summed E-state index contributed by atoms with van der Waals surface area (Å²) in [5.41, 5.74) is 1.50. The maximum absolute atomic E-state index is 3.42. The molecule has 0 amide bonds. The molecule has 0 heterocycles. The Morgan fingerprint density at radius 1 is 1.08 bits per heavy atom. The third-order valence-corrected chi connectivity index (χ3v) is 2.52. The minimum Gasteiger partial charge on any atom is -0.0561 e. The summed E-state index contributed by atoms with van der Waals surface area (Å²) in [6, 6.07) is 7.32. The van der Waals surface area contributed by atoms with Gasteiger partial charge in [-0.25, -0.2) is 0 Å². The Labute approximate surface area is 90.6 Å². The molecule has 1 aromatic carbocycles. The number of hydrogen-bond donors (Lipinski definition) is 0. The van der Waals surface area contributed by atoms with E-state index in [4.69, 9.17) is 0 Å². The van der Waals surface area contributed by atoms with Crippen molar-refractivity contribution in [2.45, 2.75) is 26.2 Å². The molecule has 0 atom stereocenters. The van der Waals surface area contributed by atoms with Gasteiger partial charge in [-0.2, -0.15) is 0 Å². The monoisotopic (exact) mass is 289 g/mol. The summed E-state index contributed by atoms with van der Waals surface area (Å²) in [7, 11) is 0. The maximum Gasteiger partial charge on any atom is 0.0268 e. The molecule has 0 saturated carbocycles. The quantitative estimate of drug-likeness (QED) is 0.668. The van der Waals surface area contributed by atoms with Crippen molar-refractivity contribution < 1.29 is 0 Å². The minimum absolute atomic E-state index is 0.195. The van der Waals surface area contributed by atoms with Gasteiger partial charge in [0.15, 0.2) is 0 Å². The minimum atomic E-state index is 0.195. The van der Waals surface area contributed by atoms with Crippen LogP contribution in [0.4, 0.5) is 0 Å². The van der Waals surface area contributed by atoms with Gasteiger partial charge < -0.3 is 0 Å². The van der Waals surface area contributed by atoms with Gasteiger partial charge >= 0.3 is 0 Å². The molecule has 1 radical (unpaired) electrons. The first-order chi connectivity index (χ1) is 5.39. The lowest BCUT2D eigenvalue weighted by Gasteiger charge is -2.19. The molecule has 0 aromatic heterocycles. The molecule has 0 aliphatic rings. The number of hydrogen-bond acceptors (Lipinski definition) is 0. The Morgan fingerprint density at radius 2 is 1.50 bits per heavy atom. The van der Waals surface area contributed by atoms with Crippen molar-refractivity contribution in [1.29, 1.82) is 0 Å². The zero-order chi connectivity index (χ0) is 9.35. The van der Waals surface area contributed by atoms with E-state index in [2.05, 4.69) is 70.8 Å². The van der Waals surface area contributed by atoms with Crippen molar-refractivity contribution in [2.75, 3.05) is 0 Å². The molecule has 0 nitrogen and oxygen atoms in total. The molecular formula is C10H11Br2. The van der Waals surface area contributed by atoms with Crippen LogP contribution in [0.25, 0.3) is 0 Å². The van der Waals surface area contributed by atoms with E-state index >= 15 is 0 Å². The lowest BCUT2D eigenvalue weighted by molar-refractivity contribution is 0.589. The molecule has 0 fully saturated rings. The highest BCUT2D eigenvalue weighted by Gasteiger charge is 2.14. The third-order valence-electron chi connectivity index (χ3n) is 1.67. The van der Waals surface area contributed by atoms with Gasteiger partial charge in [0, 0.05) is 15.0 Å². The predicted molar refractivity (Wildman–Crippen MR) is 59.4 cm³/mol. The van der Waals surface area contributed by atoms with Crippen molar-refractivity contribution in [3.05, 3.63) is 32.7 Å². The standard InChI is InChI=1S/C10H11Br2/c1-10(2,3)7-4-8(11)6-9(12)5-7/h4-5H,1-3H3. The number of halogens is 2. The lowest BCUT2D eigenvalue weighted by Crippen LogP contribution is -2.10. The van der Waals surface area contributed by atoms with E-state index in [9.17, 15) is 0 Å². The third kappa shape index (κ3) is 2.60. The van der Waals surface area contributed by atoms with Gasteiger partial charge in [-0.05, 0) is 23.1 Å². The highest BCUT2D eigenvalue weighted by Crippen LogP contribution is 2.28. The molecule has 0 spiro atoms. The zero-order valence-electron chi connectivity index (χ0n) is 7.41. The Balaban J connectivity index is 3.18. The van der Waals surface area contributed by atoms with Gasteiger partial charge in [0.1, 0.15) is 0 Å². The van der Waals surface area contributed by atoms with Crippen LogP contribution in [0.15, 0.2) is 21.1 Å². The molecule has 65 valence electrons. The Bertz CT molecular complexity index is 264. The first-order valence-corrected chi connectivity index (χ1v) is 5.37. The SMILES string of the molecule is CC(C)(C)c1cc(Br)[c]c(Br)c1. The largest absolute Gasteiger partial charge is 0.0561 e. The molecule has 1 aromatic rings. The fourth-order valence-corrected chi connectivity index (χ4v) is 2.12. The highest BCUT2D eigenvalue weighted by atomic mass is 79.9. The summed E-state index contributed by atoms with van der Waals surface area (Å²) in [6.07, 6.45) is 0. The smallest absolute Gasteiger partial charge is 0.0268 e. The summed E-state index contributed by atoms with van der Waals surface area (Å²) in [5.74, 6) is 0. The topological polar surface area (TPSA) is 0 Å². The summed E-state index contributed by atoms with van der Waals surface area (Å²) in [6.45, 7) is 6.59. The van der Waals surface area contributed by atoms with E-state index in [0.717, 1.165) is 8.95 Å². The average molecular weight is 291 g/mol. The van der Waals surface area contributed by atoms with Crippen LogP contribution in [-0.4, -0.2) is 0 Å². The van der Waals surface area contributed by atoms with E-state index < -0.39 is 0 Å². The van der Waals surface area contributed by atoms with Gasteiger partial charge in [0.25, 0.3) is 0 Å². The van der Waals surface area contributed by atoms with Crippen LogP contribution in [0, 0.1) is 6.07 Å². The summed E-state index contributed by atoms with van der Waals surface area (Å²) < 4.78 is 2.00. The molecule has 0 aliphatic carbocycles. The van der Waals surface area contributed by atoms with Gasteiger partial charge in [-0.15, -0.1) is 0 Å². The molecular weight excluding hydrogens is 280 g/mol. The molecule has 0 unspecified atom stereocenters. The maximum atomic E-state index is 3.42. The van der Waals surface area contributed by atoms with Crippen molar-refractivity contribution in [1.82, 2.24) is 0 Å². The number of rotatable bonds is 0. The molecule has 0 N–H and O–H groups in total. The van der Waals surface area contributed by atoms with Crippen molar-refractivity contribution in [3.63, 3.8) is 0 Å². The molecule has 1 rings (SSSR count). The molecule has 0 aliphatic heterocycles. The van der Waals surface area contributed by atoms with Crippen molar-refractivity contribution >= 4 is 31.9 Å². The van der Waals surface area contributed by atoms with Crippen molar-refractivity contribution in [2.24, 2.45) is 0 Å². The Kier molecular flexibility index (Phi) is 3.00. The second-order valence-electron chi connectivity index (χ2n) is 3.81. The van der Waals surface area contributed by atoms with Gasteiger partial charge in [-0.1, -0.05) is 52.6 Å². The second-order valence-corrected chi connectivity index (χ2v) is 5.52. The molecule has 2 heteroatoms. The predicted octanol–water partition coefficient (Wildman–Crippen LogP) is 4.31. The van der Waals surface area contributed by atoms with Crippen LogP contribution >= 0.6 is 31.9 Å². The molecule has 0 saturated heterocycles. The molecule has 0 bridgehead atoms. The zero-order valence-corrected chi connectivity index (χ0v) is 10.6. The fraction of sp³-hybridized carbons (Fsp3) is 0.400. The van der Waals surface area contributed by atoms with E-state index in [0.29, 0.717) is 0 Å². The van der Waals surface area contributed by atoms with Gasteiger partial charge in [0.2, 0.25) is 0 Å². The number of benzene rings is 1. The van der Waals surface area contributed by atoms with Crippen LogP contribution in [0.5, 0.6) is 0 Å². The molecule has 12 heavy (non-hydrogen) atoms. The Morgan fingerprint density at radius 3 is 1.83 bits per heavy atom. The Hall–Kier alpha value is 0.180. The first kappa shape index (κ1) is 10.3. The normalized spacial score (nSPS) is 11.8. The van der Waals surface area contributed by atoms with Crippen LogP contribution in [0.2, 0.25) is 0 Å². The average Bonchev–Trinajstić information content (AvgIpc) is 1.82. The first-order valence-electron chi connectivity index (χ1n) is 3.78. The lowest BCUT2D eigenvalue weighted by atomic mass is 9.87. The summed E-state index contributed by atoms with van der Waals surface area (Å²) >= 11 is 6.84. The van der Waals surface area contributed by atoms with Gasteiger partial charge in [0.05, 0.1) is 0 Å². The second kappa shape index (κ2) is 3.51. The van der Waals surface area contributed by atoms with Crippen LogP contribution in [-0.2, 0) is 5.41 Å². The van der Waals surface area contributed by atoms with Crippen LogP contribution < -0.4 is 0 Å². The van der Waals surface area contributed by atoms with E-state index in [1.807, 2.05) is 0 Å².